The van der Waals surface area contributed by atoms with Gasteiger partial charge in [-0.05, 0) is 31.2 Å². The Morgan fingerprint density at radius 2 is 2.05 bits per heavy atom. The second-order valence-corrected chi connectivity index (χ2v) is 4.20. The van der Waals surface area contributed by atoms with Gasteiger partial charge < -0.3 is 10.6 Å². The van der Waals surface area contributed by atoms with Crippen molar-refractivity contribution in [1.82, 2.24) is 9.97 Å². The molecule has 0 atom stereocenters. The summed E-state index contributed by atoms with van der Waals surface area (Å²) < 4.78 is 0. The van der Waals surface area contributed by atoms with Gasteiger partial charge in [0.15, 0.2) is 0 Å². The smallest absolute Gasteiger partial charge is 0.229 e. The average Bonchev–Trinajstić information content (AvgIpc) is 2.45. The van der Waals surface area contributed by atoms with Gasteiger partial charge in [0.05, 0.1) is 11.6 Å². The Morgan fingerprint density at radius 3 is 2.70 bits per heavy atom. The van der Waals surface area contributed by atoms with Crippen LogP contribution in [0.25, 0.3) is 0 Å². The van der Waals surface area contributed by atoms with Gasteiger partial charge in [-0.25, -0.2) is 4.98 Å². The zero-order valence-corrected chi connectivity index (χ0v) is 11.2. The lowest BCUT2D eigenvalue weighted by molar-refractivity contribution is 1.09. The van der Waals surface area contributed by atoms with Crippen LogP contribution in [0.2, 0.25) is 0 Å². The van der Waals surface area contributed by atoms with Crippen LogP contribution in [0, 0.1) is 18.3 Å². The maximum absolute atomic E-state index is 8.76. The van der Waals surface area contributed by atoms with E-state index in [4.69, 9.17) is 5.26 Å². The fourth-order valence-electron chi connectivity index (χ4n) is 1.65. The lowest BCUT2D eigenvalue weighted by Gasteiger charge is -2.09. The van der Waals surface area contributed by atoms with E-state index < -0.39 is 0 Å². The minimum Gasteiger partial charge on any atom is -0.366 e. The number of rotatable bonds is 5. The third-order valence-corrected chi connectivity index (χ3v) is 2.55. The van der Waals surface area contributed by atoms with E-state index in [9.17, 15) is 0 Å². The van der Waals surface area contributed by atoms with Crippen molar-refractivity contribution in [1.29, 1.82) is 5.26 Å². The number of hydrogen-bond donors (Lipinski definition) is 2. The van der Waals surface area contributed by atoms with Crippen LogP contribution in [0.15, 0.2) is 43.0 Å². The number of benzene rings is 1. The lowest BCUT2D eigenvalue weighted by atomic mass is 10.2. The van der Waals surface area contributed by atoms with Crippen molar-refractivity contribution in [3.63, 3.8) is 0 Å². The highest BCUT2D eigenvalue weighted by molar-refractivity contribution is 5.56. The van der Waals surface area contributed by atoms with Crippen LogP contribution < -0.4 is 10.6 Å². The van der Waals surface area contributed by atoms with E-state index in [1.54, 1.807) is 18.2 Å². The van der Waals surface area contributed by atoms with Crippen LogP contribution in [0.5, 0.6) is 0 Å². The van der Waals surface area contributed by atoms with Crippen molar-refractivity contribution in [2.75, 3.05) is 17.2 Å². The molecule has 5 nitrogen and oxygen atoms in total. The molecule has 1 aromatic heterocycles. The van der Waals surface area contributed by atoms with Gasteiger partial charge in [-0.15, -0.1) is 6.58 Å². The summed E-state index contributed by atoms with van der Waals surface area (Å²) in [6, 6.07) is 11.1. The number of nitriles is 1. The van der Waals surface area contributed by atoms with E-state index in [2.05, 4.69) is 33.2 Å². The molecule has 0 spiro atoms. The number of nitrogens with one attached hydrogen (secondary N) is 2. The third-order valence-electron chi connectivity index (χ3n) is 2.55. The molecule has 0 aliphatic heterocycles. The highest BCUT2D eigenvalue weighted by Crippen LogP contribution is 2.16. The van der Waals surface area contributed by atoms with Gasteiger partial charge >= 0.3 is 0 Å². The first-order valence-corrected chi connectivity index (χ1v) is 6.19. The topological polar surface area (TPSA) is 73.6 Å². The highest BCUT2D eigenvalue weighted by Gasteiger charge is 2.02. The second-order valence-electron chi connectivity index (χ2n) is 4.20. The fraction of sp³-hybridized carbons (Fsp3) is 0.133. The maximum atomic E-state index is 8.76. The molecule has 0 saturated carbocycles. The summed E-state index contributed by atoms with van der Waals surface area (Å²) in [4.78, 5) is 8.69. The van der Waals surface area contributed by atoms with Gasteiger partial charge in [-0.3, -0.25) is 0 Å². The Hall–Kier alpha value is -2.87. The van der Waals surface area contributed by atoms with Crippen molar-refractivity contribution >= 4 is 17.5 Å². The molecule has 0 aliphatic carbocycles. The Balaban J connectivity index is 2.17. The van der Waals surface area contributed by atoms with E-state index in [-0.39, 0.29) is 0 Å². The van der Waals surface area contributed by atoms with E-state index in [1.165, 1.54) is 0 Å². The zero-order valence-electron chi connectivity index (χ0n) is 11.2. The Bertz CT molecular complexity index is 640. The van der Waals surface area contributed by atoms with Crippen LogP contribution in [0.4, 0.5) is 17.5 Å². The Labute approximate surface area is 118 Å². The minimum absolute atomic E-state index is 0.515. The average molecular weight is 265 g/mol. The number of nitrogens with zero attached hydrogens (tertiary/aromatic N) is 3. The molecule has 1 aromatic carbocycles. The maximum Gasteiger partial charge on any atom is 0.229 e. The van der Waals surface area contributed by atoms with Gasteiger partial charge in [-0.2, -0.15) is 10.2 Å². The van der Waals surface area contributed by atoms with Gasteiger partial charge in [0, 0.05) is 24.0 Å². The molecule has 0 unspecified atom stereocenters. The first-order chi connectivity index (χ1) is 9.71. The molecule has 100 valence electrons. The lowest BCUT2D eigenvalue weighted by Crippen LogP contribution is -2.05. The quantitative estimate of drug-likeness (QED) is 0.813. The molecule has 0 fully saturated rings. The summed E-state index contributed by atoms with van der Waals surface area (Å²) >= 11 is 0. The summed E-state index contributed by atoms with van der Waals surface area (Å²) in [5.74, 6) is 1.26. The molecule has 5 heteroatoms. The van der Waals surface area contributed by atoms with Crippen molar-refractivity contribution in [3.8, 4) is 6.07 Å². The van der Waals surface area contributed by atoms with E-state index >= 15 is 0 Å². The second kappa shape index (κ2) is 6.34. The fourth-order valence-corrected chi connectivity index (χ4v) is 1.65. The number of hydrogen-bond acceptors (Lipinski definition) is 5. The molecule has 0 radical (unpaired) electrons. The van der Waals surface area contributed by atoms with Crippen LogP contribution in [-0.4, -0.2) is 16.5 Å². The van der Waals surface area contributed by atoms with Gasteiger partial charge in [-0.1, -0.05) is 6.08 Å². The summed E-state index contributed by atoms with van der Waals surface area (Å²) in [7, 11) is 0. The monoisotopic (exact) mass is 265 g/mol. The SMILES string of the molecule is C=CCNc1cc(C)nc(Nc2ccc(C#N)cc2)n1. The molecule has 0 aliphatic rings. The molecule has 20 heavy (non-hydrogen) atoms. The predicted octanol–water partition coefficient (Wildman–Crippen LogP) is 3.00. The van der Waals surface area contributed by atoms with Crippen molar-refractivity contribution < 1.29 is 0 Å². The van der Waals surface area contributed by atoms with Gasteiger partial charge in [0.25, 0.3) is 0 Å². The summed E-state index contributed by atoms with van der Waals surface area (Å²) in [6.45, 7) is 6.21. The van der Waals surface area contributed by atoms with Crippen LogP contribution in [0.1, 0.15) is 11.3 Å². The largest absolute Gasteiger partial charge is 0.366 e. The molecule has 2 N–H and O–H groups in total. The summed E-state index contributed by atoms with van der Waals surface area (Å²) in [5, 5.41) is 15.0. The van der Waals surface area contributed by atoms with Crippen molar-refractivity contribution in [2.45, 2.75) is 6.92 Å². The Morgan fingerprint density at radius 1 is 1.30 bits per heavy atom. The normalized spacial score (nSPS) is 9.60. The number of aromatic nitrogens is 2. The Kier molecular flexibility index (Phi) is 4.30. The molecule has 0 amide bonds. The highest BCUT2D eigenvalue weighted by atomic mass is 15.1. The molecule has 2 rings (SSSR count). The molecule has 2 aromatic rings. The first-order valence-electron chi connectivity index (χ1n) is 6.19. The molecular formula is C15H15N5. The van der Waals surface area contributed by atoms with Crippen LogP contribution in [0.3, 0.4) is 0 Å². The predicted molar refractivity (Wildman–Crippen MR) is 79.9 cm³/mol. The number of aryl methyl sites for hydroxylation is 1. The van der Waals surface area contributed by atoms with E-state index in [0.717, 1.165) is 17.2 Å². The minimum atomic E-state index is 0.515. The summed E-state index contributed by atoms with van der Waals surface area (Å²) in [5.41, 5.74) is 2.32. The third kappa shape index (κ3) is 3.56. The standard InChI is InChI=1S/C15H15N5/c1-3-8-17-14-9-11(2)18-15(20-14)19-13-6-4-12(10-16)5-7-13/h3-7,9H,1,8H2,2H3,(H2,17,18,19,20). The molecular weight excluding hydrogens is 250 g/mol. The van der Waals surface area contributed by atoms with E-state index in [1.807, 2.05) is 25.1 Å². The molecule has 0 saturated heterocycles. The van der Waals surface area contributed by atoms with Crippen molar-refractivity contribution in [2.24, 2.45) is 0 Å². The molecule has 1 heterocycles. The van der Waals surface area contributed by atoms with Gasteiger partial charge in [0.1, 0.15) is 5.82 Å². The number of anilines is 3. The summed E-state index contributed by atoms with van der Waals surface area (Å²) in [6.07, 6.45) is 1.77. The van der Waals surface area contributed by atoms with Gasteiger partial charge in [0.2, 0.25) is 5.95 Å². The van der Waals surface area contributed by atoms with E-state index in [0.29, 0.717) is 18.1 Å². The van der Waals surface area contributed by atoms with Crippen LogP contribution >= 0.6 is 0 Å². The first kappa shape index (κ1) is 13.6. The zero-order chi connectivity index (χ0) is 14.4. The molecule has 0 bridgehead atoms. The van der Waals surface area contributed by atoms with Crippen molar-refractivity contribution in [3.05, 3.63) is 54.2 Å². The van der Waals surface area contributed by atoms with Crippen LogP contribution in [-0.2, 0) is 0 Å².